The van der Waals surface area contributed by atoms with Crippen molar-refractivity contribution in [3.05, 3.63) is 64.7 Å². The number of rotatable bonds is 3. The van der Waals surface area contributed by atoms with E-state index in [2.05, 4.69) is 0 Å². The van der Waals surface area contributed by atoms with E-state index in [0.717, 1.165) is 4.90 Å². The molecule has 2 aromatic rings. The first-order valence-electron chi connectivity index (χ1n) is 4.94. The second-order valence-electron chi connectivity index (χ2n) is 3.34. The average Bonchev–Trinajstić information content (AvgIpc) is 2.39. The van der Waals surface area contributed by atoms with E-state index >= 15 is 0 Å². The quantitative estimate of drug-likeness (QED) is 0.666. The van der Waals surface area contributed by atoms with Gasteiger partial charge in [0.15, 0.2) is 0 Å². The van der Waals surface area contributed by atoms with Gasteiger partial charge in [-0.1, -0.05) is 30.3 Å². The van der Waals surface area contributed by atoms with Gasteiger partial charge in [0, 0.05) is 11.0 Å². The number of hydrogen-bond donors (Lipinski definition) is 1. The Labute approximate surface area is 101 Å². The van der Waals surface area contributed by atoms with Gasteiger partial charge in [0.25, 0.3) is 5.69 Å². The number of nitrogens with zero attached hydrogens (tertiary/aromatic N) is 1. The van der Waals surface area contributed by atoms with E-state index in [1.54, 1.807) is 18.2 Å². The van der Waals surface area contributed by atoms with Gasteiger partial charge in [-0.3, -0.25) is 14.9 Å². The Hall–Kier alpha value is -2.01. The van der Waals surface area contributed by atoms with Crippen LogP contribution in [0.25, 0.3) is 0 Å². The number of benzene rings is 2. The van der Waals surface area contributed by atoms with Crippen molar-refractivity contribution in [3.63, 3.8) is 0 Å². The van der Waals surface area contributed by atoms with E-state index in [1.807, 2.05) is 30.3 Å². The standard InChI is InChI=1S/C12H10N2O2S/c13-17(10-6-2-1-3-7-10)12-9-5-4-8-11(12)14(15)16/h1-9,13H/t17-/m1/s1. The Kier molecular flexibility index (Phi) is 3.30. The van der Waals surface area contributed by atoms with Crippen molar-refractivity contribution in [2.75, 3.05) is 0 Å². The first-order valence-corrected chi connectivity index (χ1v) is 6.16. The van der Waals surface area contributed by atoms with Crippen LogP contribution in [-0.4, -0.2) is 4.92 Å². The molecule has 0 heterocycles. The maximum atomic E-state index is 10.9. The molecule has 0 aromatic heterocycles. The highest BCUT2D eigenvalue weighted by atomic mass is 32.2. The third-order valence-corrected chi connectivity index (χ3v) is 3.79. The van der Waals surface area contributed by atoms with E-state index in [-0.39, 0.29) is 5.69 Å². The van der Waals surface area contributed by atoms with Crippen LogP contribution in [0.5, 0.6) is 0 Å². The van der Waals surface area contributed by atoms with Crippen LogP contribution >= 0.6 is 0 Å². The van der Waals surface area contributed by atoms with Gasteiger partial charge >= 0.3 is 0 Å². The zero-order valence-corrected chi connectivity index (χ0v) is 9.68. The van der Waals surface area contributed by atoms with Gasteiger partial charge in [-0.15, -0.1) is 0 Å². The zero-order valence-electron chi connectivity index (χ0n) is 8.87. The fraction of sp³-hybridized carbons (Fsp3) is 0. The molecule has 0 aliphatic rings. The second-order valence-corrected chi connectivity index (χ2v) is 4.87. The lowest BCUT2D eigenvalue weighted by atomic mass is 10.3. The highest BCUT2D eigenvalue weighted by Gasteiger charge is 2.16. The molecule has 0 bridgehead atoms. The smallest absolute Gasteiger partial charge is 0.271 e. The summed E-state index contributed by atoms with van der Waals surface area (Å²) in [6, 6.07) is 15.6. The van der Waals surface area contributed by atoms with Crippen molar-refractivity contribution in [2.45, 2.75) is 9.79 Å². The van der Waals surface area contributed by atoms with Crippen molar-refractivity contribution < 1.29 is 4.92 Å². The molecule has 0 amide bonds. The summed E-state index contributed by atoms with van der Waals surface area (Å²) >= 11 is 0. The van der Waals surface area contributed by atoms with Crippen LogP contribution in [0, 0.1) is 14.9 Å². The first kappa shape index (κ1) is 11.5. The summed E-state index contributed by atoms with van der Waals surface area (Å²) in [5.74, 6) is 0. The molecule has 17 heavy (non-hydrogen) atoms. The molecule has 0 aliphatic carbocycles. The predicted molar refractivity (Wildman–Crippen MR) is 66.2 cm³/mol. The topological polar surface area (TPSA) is 67.0 Å². The Bertz CT molecular complexity index is 570. The zero-order chi connectivity index (χ0) is 12.3. The molecule has 2 rings (SSSR count). The van der Waals surface area contributed by atoms with E-state index in [1.165, 1.54) is 6.07 Å². The molecule has 1 N–H and O–H groups in total. The summed E-state index contributed by atoms with van der Waals surface area (Å²) in [6.45, 7) is 0. The van der Waals surface area contributed by atoms with Gasteiger partial charge in [-0.05, 0) is 28.9 Å². The van der Waals surface area contributed by atoms with Gasteiger partial charge in [-0.25, -0.2) is 0 Å². The Morgan fingerprint density at radius 3 is 2.24 bits per heavy atom. The fourth-order valence-electron chi connectivity index (χ4n) is 1.46. The number of hydrogen-bond acceptors (Lipinski definition) is 3. The van der Waals surface area contributed by atoms with Crippen molar-refractivity contribution >= 4 is 16.4 Å². The molecular weight excluding hydrogens is 236 g/mol. The van der Waals surface area contributed by atoms with E-state index in [4.69, 9.17) is 4.78 Å². The molecule has 5 heteroatoms. The molecule has 0 aliphatic heterocycles. The fourth-order valence-corrected chi connectivity index (χ4v) is 2.71. The largest absolute Gasteiger partial charge is 0.284 e. The van der Waals surface area contributed by atoms with Crippen LogP contribution < -0.4 is 0 Å². The van der Waals surface area contributed by atoms with E-state index in [9.17, 15) is 10.1 Å². The summed E-state index contributed by atoms with van der Waals surface area (Å²) in [5, 5.41) is 10.9. The van der Waals surface area contributed by atoms with Crippen LogP contribution in [0.15, 0.2) is 64.4 Å². The molecule has 0 fully saturated rings. The summed E-state index contributed by atoms with van der Waals surface area (Å²) < 4.78 is 8.11. The van der Waals surface area contributed by atoms with Crippen molar-refractivity contribution in [3.8, 4) is 0 Å². The molecule has 0 unspecified atom stereocenters. The Morgan fingerprint density at radius 2 is 1.59 bits per heavy atom. The molecule has 2 aromatic carbocycles. The average molecular weight is 246 g/mol. The summed E-state index contributed by atoms with van der Waals surface area (Å²) in [7, 11) is -1.02. The van der Waals surface area contributed by atoms with Gasteiger partial charge in [0.2, 0.25) is 0 Å². The van der Waals surface area contributed by atoms with Crippen LogP contribution in [0.2, 0.25) is 0 Å². The SMILES string of the molecule is N=[S@](c1ccccc1)c1ccccc1[N+](=O)[O-]. The third kappa shape index (κ3) is 2.39. The van der Waals surface area contributed by atoms with Crippen LogP contribution in [-0.2, 0) is 10.7 Å². The summed E-state index contributed by atoms with van der Waals surface area (Å²) in [6.07, 6.45) is 0. The number of nitro groups is 1. The third-order valence-electron chi connectivity index (χ3n) is 2.26. The second kappa shape index (κ2) is 4.88. The van der Waals surface area contributed by atoms with Gasteiger partial charge < -0.3 is 0 Å². The molecule has 0 saturated heterocycles. The number of nitrogens with one attached hydrogen (secondary N) is 1. The minimum Gasteiger partial charge on any atom is -0.271 e. The number of para-hydroxylation sites is 1. The summed E-state index contributed by atoms with van der Waals surface area (Å²) in [4.78, 5) is 11.7. The molecule has 1 atom stereocenters. The van der Waals surface area contributed by atoms with Crippen LogP contribution in [0.4, 0.5) is 5.69 Å². The predicted octanol–water partition coefficient (Wildman–Crippen LogP) is 3.39. The highest BCUT2D eigenvalue weighted by Crippen LogP contribution is 2.25. The molecule has 0 radical (unpaired) electrons. The minimum absolute atomic E-state index is 0.00897. The maximum Gasteiger partial charge on any atom is 0.284 e. The van der Waals surface area contributed by atoms with Gasteiger partial charge in [-0.2, -0.15) is 0 Å². The normalized spacial score (nSPS) is 12.0. The molecule has 0 spiro atoms. The molecular formula is C12H10N2O2S. The van der Waals surface area contributed by atoms with Crippen molar-refractivity contribution in [1.29, 1.82) is 4.78 Å². The van der Waals surface area contributed by atoms with Crippen molar-refractivity contribution in [2.24, 2.45) is 0 Å². The summed E-state index contributed by atoms with van der Waals surface area (Å²) in [5.41, 5.74) is 0.00897. The van der Waals surface area contributed by atoms with E-state index in [0.29, 0.717) is 4.90 Å². The maximum absolute atomic E-state index is 10.9. The molecule has 4 nitrogen and oxygen atoms in total. The van der Waals surface area contributed by atoms with Crippen LogP contribution in [0.3, 0.4) is 0 Å². The molecule has 0 saturated carbocycles. The molecule has 86 valence electrons. The van der Waals surface area contributed by atoms with E-state index < -0.39 is 15.6 Å². The van der Waals surface area contributed by atoms with Crippen LogP contribution in [0.1, 0.15) is 0 Å². The number of nitro benzene ring substituents is 1. The Morgan fingerprint density at radius 1 is 1.00 bits per heavy atom. The monoisotopic (exact) mass is 246 g/mol. The lowest BCUT2D eigenvalue weighted by Crippen LogP contribution is -1.97. The van der Waals surface area contributed by atoms with Gasteiger partial charge in [0.1, 0.15) is 4.90 Å². The Balaban J connectivity index is 2.48. The van der Waals surface area contributed by atoms with Crippen molar-refractivity contribution in [1.82, 2.24) is 0 Å². The van der Waals surface area contributed by atoms with Gasteiger partial charge in [0.05, 0.1) is 4.92 Å². The lowest BCUT2D eigenvalue weighted by Gasteiger charge is -2.05. The minimum atomic E-state index is -1.02. The first-order chi connectivity index (χ1) is 8.20. The highest BCUT2D eigenvalue weighted by molar-refractivity contribution is 7.86. The lowest BCUT2D eigenvalue weighted by molar-refractivity contribution is -0.387.